The third-order valence-electron chi connectivity index (χ3n) is 2.66. The van der Waals surface area contributed by atoms with Gasteiger partial charge in [-0.15, -0.1) is 11.8 Å². The van der Waals surface area contributed by atoms with Crippen molar-refractivity contribution in [3.63, 3.8) is 0 Å². The van der Waals surface area contributed by atoms with Gasteiger partial charge in [-0.1, -0.05) is 12.1 Å². The smallest absolute Gasteiger partial charge is 0.230 e. The summed E-state index contributed by atoms with van der Waals surface area (Å²) in [7, 11) is 0. The van der Waals surface area contributed by atoms with Crippen molar-refractivity contribution in [2.24, 2.45) is 0 Å². The number of hydrogen-bond acceptors (Lipinski definition) is 3. The maximum atomic E-state index is 11.5. The molecule has 0 atom stereocenters. The zero-order valence-electron chi connectivity index (χ0n) is 11.7. The molecule has 5 heteroatoms. The van der Waals surface area contributed by atoms with Crippen LogP contribution >= 0.6 is 11.8 Å². The first kappa shape index (κ1) is 14.7. The topological polar surface area (TPSA) is 46.9 Å². The summed E-state index contributed by atoms with van der Waals surface area (Å²) in [5.74, 6) is 1.43. The van der Waals surface area contributed by atoms with Crippen molar-refractivity contribution >= 4 is 17.7 Å². The van der Waals surface area contributed by atoms with Crippen LogP contribution in [0.1, 0.15) is 19.4 Å². The number of hydrogen-bond donors (Lipinski definition) is 1. The summed E-state index contributed by atoms with van der Waals surface area (Å²) in [4.78, 5) is 11.5. The lowest BCUT2D eigenvalue weighted by atomic mass is 10.2. The highest BCUT2D eigenvalue weighted by molar-refractivity contribution is 7.99. The molecule has 0 saturated carbocycles. The summed E-state index contributed by atoms with van der Waals surface area (Å²) < 4.78 is 1.83. The molecular formula is C15H19N3OS. The van der Waals surface area contributed by atoms with Gasteiger partial charge in [-0.05, 0) is 37.6 Å². The lowest BCUT2D eigenvalue weighted by Crippen LogP contribution is -2.31. The Morgan fingerprint density at radius 3 is 2.70 bits per heavy atom. The van der Waals surface area contributed by atoms with E-state index in [1.165, 1.54) is 5.56 Å². The van der Waals surface area contributed by atoms with Gasteiger partial charge in [-0.2, -0.15) is 5.10 Å². The molecule has 1 aromatic heterocycles. The molecular weight excluding hydrogens is 270 g/mol. The van der Waals surface area contributed by atoms with Crippen LogP contribution in [0.25, 0.3) is 5.69 Å². The third-order valence-corrected chi connectivity index (χ3v) is 3.66. The van der Waals surface area contributed by atoms with Gasteiger partial charge < -0.3 is 5.32 Å². The number of aromatic nitrogens is 2. The van der Waals surface area contributed by atoms with Crippen molar-refractivity contribution in [3.8, 4) is 5.69 Å². The number of nitrogens with one attached hydrogen (secondary N) is 1. The standard InChI is InChI=1S/C15H19N3OS/c1-12(2)17-15(19)11-20-10-13-4-6-14(7-5-13)18-9-3-8-16-18/h3-9,12H,10-11H2,1-2H3,(H,17,19). The fourth-order valence-electron chi connectivity index (χ4n) is 1.79. The molecule has 1 amide bonds. The van der Waals surface area contributed by atoms with Gasteiger partial charge in [0.1, 0.15) is 0 Å². The minimum atomic E-state index is 0.0955. The highest BCUT2D eigenvalue weighted by Crippen LogP contribution is 2.14. The first-order valence-electron chi connectivity index (χ1n) is 6.61. The second-order valence-electron chi connectivity index (χ2n) is 4.83. The maximum Gasteiger partial charge on any atom is 0.230 e. The molecule has 0 aliphatic heterocycles. The molecule has 0 saturated heterocycles. The zero-order valence-corrected chi connectivity index (χ0v) is 12.6. The van der Waals surface area contributed by atoms with Crippen LogP contribution in [0.15, 0.2) is 42.7 Å². The van der Waals surface area contributed by atoms with Crippen molar-refractivity contribution in [1.29, 1.82) is 0 Å². The third kappa shape index (κ3) is 4.42. The monoisotopic (exact) mass is 289 g/mol. The van der Waals surface area contributed by atoms with Crippen molar-refractivity contribution in [3.05, 3.63) is 48.3 Å². The van der Waals surface area contributed by atoms with Gasteiger partial charge in [-0.3, -0.25) is 4.79 Å². The molecule has 0 radical (unpaired) electrons. The summed E-state index contributed by atoms with van der Waals surface area (Å²) >= 11 is 1.63. The molecule has 20 heavy (non-hydrogen) atoms. The van der Waals surface area contributed by atoms with E-state index in [-0.39, 0.29) is 11.9 Å². The second-order valence-corrected chi connectivity index (χ2v) is 5.82. The summed E-state index contributed by atoms with van der Waals surface area (Å²) in [6.07, 6.45) is 3.68. The summed E-state index contributed by atoms with van der Waals surface area (Å²) in [6.45, 7) is 3.94. The Morgan fingerprint density at radius 1 is 1.35 bits per heavy atom. The number of carbonyl (C=O) groups excluding carboxylic acids is 1. The van der Waals surface area contributed by atoms with E-state index in [4.69, 9.17) is 0 Å². The molecule has 0 aliphatic rings. The minimum Gasteiger partial charge on any atom is -0.353 e. The van der Waals surface area contributed by atoms with Crippen LogP contribution in [0, 0.1) is 0 Å². The van der Waals surface area contributed by atoms with Crippen molar-refractivity contribution < 1.29 is 4.79 Å². The summed E-state index contributed by atoms with van der Waals surface area (Å²) in [5, 5.41) is 7.07. The molecule has 1 aromatic carbocycles. The average molecular weight is 289 g/mol. The second kappa shape index (κ2) is 7.14. The van der Waals surface area contributed by atoms with Crippen LogP contribution in [-0.4, -0.2) is 27.5 Å². The van der Waals surface area contributed by atoms with Gasteiger partial charge in [0.25, 0.3) is 0 Å². The quantitative estimate of drug-likeness (QED) is 0.889. The Labute approximate surface area is 123 Å². The largest absolute Gasteiger partial charge is 0.353 e. The van der Waals surface area contributed by atoms with Crippen LogP contribution in [0.5, 0.6) is 0 Å². The Morgan fingerprint density at radius 2 is 2.10 bits per heavy atom. The first-order chi connectivity index (χ1) is 9.65. The lowest BCUT2D eigenvalue weighted by Gasteiger charge is -2.08. The Hall–Kier alpha value is -1.75. The van der Waals surface area contributed by atoms with Crippen LogP contribution in [0.4, 0.5) is 0 Å². The van der Waals surface area contributed by atoms with Crippen molar-refractivity contribution in [2.75, 3.05) is 5.75 Å². The molecule has 0 fully saturated rings. The Bertz CT molecular complexity index is 535. The predicted molar refractivity (Wildman–Crippen MR) is 83.0 cm³/mol. The molecule has 2 aromatic rings. The normalized spacial score (nSPS) is 10.8. The fraction of sp³-hybridized carbons (Fsp3) is 0.333. The van der Waals surface area contributed by atoms with Gasteiger partial charge in [0.2, 0.25) is 5.91 Å². The van der Waals surface area contributed by atoms with Crippen molar-refractivity contribution in [2.45, 2.75) is 25.6 Å². The van der Waals surface area contributed by atoms with E-state index in [9.17, 15) is 4.79 Å². The number of thioether (sulfide) groups is 1. The zero-order chi connectivity index (χ0) is 14.4. The predicted octanol–water partition coefficient (Wildman–Crippen LogP) is 2.63. The van der Waals surface area contributed by atoms with Gasteiger partial charge >= 0.3 is 0 Å². The first-order valence-corrected chi connectivity index (χ1v) is 7.76. The van der Waals surface area contributed by atoms with Gasteiger partial charge in [0, 0.05) is 24.2 Å². The molecule has 2 rings (SSSR count). The molecule has 1 N–H and O–H groups in total. The average Bonchev–Trinajstić information content (AvgIpc) is 2.92. The Kier molecular flexibility index (Phi) is 5.24. The molecule has 0 bridgehead atoms. The van der Waals surface area contributed by atoms with Crippen LogP contribution in [0.2, 0.25) is 0 Å². The highest BCUT2D eigenvalue weighted by atomic mass is 32.2. The summed E-state index contributed by atoms with van der Waals surface area (Å²) in [6, 6.07) is 10.3. The van der Waals surface area contributed by atoms with Crippen LogP contribution < -0.4 is 5.32 Å². The number of rotatable bonds is 6. The van der Waals surface area contributed by atoms with Gasteiger partial charge in [0.05, 0.1) is 11.4 Å². The molecule has 1 heterocycles. The Balaban J connectivity index is 1.81. The maximum absolute atomic E-state index is 11.5. The highest BCUT2D eigenvalue weighted by Gasteiger charge is 2.03. The van der Waals surface area contributed by atoms with E-state index in [2.05, 4.69) is 22.5 Å². The molecule has 0 unspecified atom stereocenters. The molecule has 0 aliphatic carbocycles. The van der Waals surface area contributed by atoms with E-state index in [0.29, 0.717) is 5.75 Å². The fourth-order valence-corrected chi connectivity index (χ4v) is 2.59. The molecule has 0 spiro atoms. The lowest BCUT2D eigenvalue weighted by molar-refractivity contribution is -0.119. The van der Waals surface area contributed by atoms with Gasteiger partial charge in [-0.25, -0.2) is 4.68 Å². The number of benzene rings is 1. The number of carbonyl (C=O) groups is 1. The van der Waals surface area contributed by atoms with Crippen LogP contribution in [-0.2, 0) is 10.5 Å². The van der Waals surface area contributed by atoms with E-state index in [1.807, 2.05) is 42.9 Å². The van der Waals surface area contributed by atoms with Crippen molar-refractivity contribution in [1.82, 2.24) is 15.1 Å². The SMILES string of the molecule is CC(C)NC(=O)CSCc1ccc(-n2cccn2)cc1. The number of nitrogens with zero attached hydrogens (tertiary/aromatic N) is 2. The summed E-state index contributed by atoms with van der Waals surface area (Å²) in [5.41, 5.74) is 2.25. The van der Waals surface area contributed by atoms with E-state index in [0.717, 1.165) is 11.4 Å². The molecule has 106 valence electrons. The molecule has 4 nitrogen and oxygen atoms in total. The van der Waals surface area contributed by atoms with Gasteiger partial charge in [0.15, 0.2) is 0 Å². The number of amides is 1. The van der Waals surface area contributed by atoms with E-state index in [1.54, 1.807) is 18.0 Å². The van der Waals surface area contributed by atoms with E-state index < -0.39 is 0 Å². The van der Waals surface area contributed by atoms with Crippen LogP contribution in [0.3, 0.4) is 0 Å². The van der Waals surface area contributed by atoms with E-state index >= 15 is 0 Å². The minimum absolute atomic E-state index is 0.0955.